The highest BCUT2D eigenvalue weighted by Gasteiger charge is 2.40. The van der Waals surface area contributed by atoms with Crippen molar-refractivity contribution >= 4 is 17.9 Å². The topological polar surface area (TPSA) is 109 Å². The lowest BCUT2D eigenvalue weighted by Gasteiger charge is -2.28. The van der Waals surface area contributed by atoms with Gasteiger partial charge in [0.25, 0.3) is 5.76 Å². The van der Waals surface area contributed by atoms with Gasteiger partial charge in [0, 0.05) is 17.3 Å². The second-order valence-corrected chi connectivity index (χ2v) is 8.79. The zero-order chi connectivity index (χ0) is 27.9. The van der Waals surface area contributed by atoms with Crippen LogP contribution < -0.4 is 5.32 Å². The Labute approximate surface area is 226 Å². The van der Waals surface area contributed by atoms with E-state index < -0.39 is 23.8 Å². The summed E-state index contributed by atoms with van der Waals surface area (Å²) in [6.07, 6.45) is 1.48. The SMILES string of the molecule is COC(=O)C1=C(C)NC(C)=C(C(=O)OC)C1/C=C1\OC(=O)C(OCc2ccccc2)=C1OCc1ccccc1. The zero-order valence-corrected chi connectivity index (χ0v) is 22.1. The van der Waals surface area contributed by atoms with Crippen molar-refractivity contribution in [3.63, 3.8) is 0 Å². The molecule has 0 amide bonds. The summed E-state index contributed by atoms with van der Waals surface area (Å²) in [6, 6.07) is 18.7. The summed E-state index contributed by atoms with van der Waals surface area (Å²) in [4.78, 5) is 38.6. The van der Waals surface area contributed by atoms with Crippen LogP contribution in [-0.4, -0.2) is 32.1 Å². The van der Waals surface area contributed by atoms with Crippen molar-refractivity contribution in [2.75, 3.05) is 14.2 Å². The Morgan fingerprint density at radius 3 is 1.72 bits per heavy atom. The maximum Gasteiger partial charge on any atom is 0.383 e. The molecule has 0 bridgehead atoms. The number of carbonyl (C=O) groups excluding carboxylic acids is 3. The third kappa shape index (κ3) is 6.04. The fraction of sp³-hybridized carbons (Fsp3) is 0.233. The van der Waals surface area contributed by atoms with Crippen LogP contribution in [0.1, 0.15) is 25.0 Å². The van der Waals surface area contributed by atoms with Crippen LogP contribution in [0.4, 0.5) is 0 Å². The van der Waals surface area contributed by atoms with Crippen molar-refractivity contribution in [2.24, 2.45) is 5.92 Å². The Morgan fingerprint density at radius 1 is 0.795 bits per heavy atom. The van der Waals surface area contributed by atoms with Crippen LogP contribution in [-0.2, 0) is 51.3 Å². The van der Waals surface area contributed by atoms with Crippen LogP contribution in [0, 0.1) is 5.92 Å². The molecule has 4 rings (SSSR count). The van der Waals surface area contributed by atoms with Crippen molar-refractivity contribution in [2.45, 2.75) is 27.1 Å². The number of hydrogen-bond donors (Lipinski definition) is 1. The van der Waals surface area contributed by atoms with Crippen LogP contribution in [0.3, 0.4) is 0 Å². The van der Waals surface area contributed by atoms with Gasteiger partial charge in [0.15, 0.2) is 5.76 Å². The molecule has 0 unspecified atom stereocenters. The molecule has 9 nitrogen and oxygen atoms in total. The monoisotopic (exact) mass is 531 g/mol. The maximum atomic E-state index is 13.0. The van der Waals surface area contributed by atoms with Gasteiger partial charge in [0.05, 0.1) is 25.4 Å². The average molecular weight is 532 g/mol. The minimum absolute atomic E-state index is 0.00861. The molecule has 0 aromatic heterocycles. The summed E-state index contributed by atoms with van der Waals surface area (Å²) in [5.74, 6) is -3.08. The Kier molecular flexibility index (Phi) is 8.50. The minimum Gasteiger partial charge on any atom is -0.481 e. The molecule has 0 saturated heterocycles. The summed E-state index contributed by atoms with van der Waals surface area (Å²) in [5.41, 5.74) is 2.98. The first-order valence-electron chi connectivity index (χ1n) is 12.2. The second-order valence-electron chi connectivity index (χ2n) is 8.79. The number of allylic oxidation sites excluding steroid dienone is 3. The van der Waals surface area contributed by atoms with E-state index >= 15 is 0 Å². The van der Waals surface area contributed by atoms with Gasteiger partial charge in [-0.3, -0.25) is 0 Å². The van der Waals surface area contributed by atoms with Crippen molar-refractivity contribution in [3.05, 3.63) is 118 Å². The molecule has 0 radical (unpaired) electrons. The fourth-order valence-corrected chi connectivity index (χ4v) is 4.35. The van der Waals surface area contributed by atoms with E-state index in [2.05, 4.69) is 5.32 Å². The average Bonchev–Trinajstić information content (AvgIpc) is 3.24. The highest BCUT2D eigenvalue weighted by Crippen LogP contribution is 2.37. The molecule has 0 atom stereocenters. The summed E-state index contributed by atoms with van der Waals surface area (Å²) >= 11 is 0. The Morgan fingerprint density at radius 2 is 1.26 bits per heavy atom. The fourth-order valence-electron chi connectivity index (χ4n) is 4.35. The molecule has 9 heteroatoms. The third-order valence-electron chi connectivity index (χ3n) is 6.20. The van der Waals surface area contributed by atoms with E-state index in [1.807, 2.05) is 60.7 Å². The van der Waals surface area contributed by atoms with Gasteiger partial charge in [-0.25, -0.2) is 14.4 Å². The number of methoxy groups -OCH3 is 2. The molecular weight excluding hydrogens is 502 g/mol. The van der Waals surface area contributed by atoms with Crippen molar-refractivity contribution in [1.29, 1.82) is 0 Å². The number of nitrogens with one attached hydrogen (secondary N) is 1. The highest BCUT2D eigenvalue weighted by molar-refractivity contribution is 5.99. The Hall–Kier alpha value is -4.79. The van der Waals surface area contributed by atoms with Gasteiger partial charge in [0.1, 0.15) is 13.2 Å². The smallest absolute Gasteiger partial charge is 0.383 e. The molecular formula is C30H29NO8. The van der Waals surface area contributed by atoms with Crippen LogP contribution in [0.2, 0.25) is 0 Å². The molecule has 0 fully saturated rings. The van der Waals surface area contributed by atoms with E-state index in [1.54, 1.807) is 13.8 Å². The number of dihydropyridines is 1. The first-order valence-corrected chi connectivity index (χ1v) is 12.2. The molecule has 39 heavy (non-hydrogen) atoms. The predicted octanol–water partition coefficient (Wildman–Crippen LogP) is 4.19. The third-order valence-corrected chi connectivity index (χ3v) is 6.20. The molecule has 0 spiro atoms. The second kappa shape index (κ2) is 12.2. The summed E-state index contributed by atoms with van der Waals surface area (Å²) in [6.45, 7) is 3.59. The largest absolute Gasteiger partial charge is 0.481 e. The molecule has 202 valence electrons. The molecule has 1 N–H and O–H groups in total. The van der Waals surface area contributed by atoms with Crippen molar-refractivity contribution in [3.8, 4) is 0 Å². The van der Waals surface area contributed by atoms with Crippen LogP contribution >= 0.6 is 0 Å². The molecule has 0 saturated carbocycles. The highest BCUT2D eigenvalue weighted by atomic mass is 16.6. The van der Waals surface area contributed by atoms with E-state index in [4.69, 9.17) is 23.7 Å². The number of hydrogen-bond acceptors (Lipinski definition) is 9. The van der Waals surface area contributed by atoms with Gasteiger partial charge in [0.2, 0.25) is 5.76 Å². The number of rotatable bonds is 9. The lowest BCUT2D eigenvalue weighted by Crippen LogP contribution is -2.32. The van der Waals surface area contributed by atoms with Crippen LogP contribution in [0.25, 0.3) is 0 Å². The predicted molar refractivity (Wildman–Crippen MR) is 140 cm³/mol. The van der Waals surface area contributed by atoms with E-state index in [0.29, 0.717) is 11.4 Å². The quantitative estimate of drug-likeness (QED) is 0.376. The van der Waals surface area contributed by atoms with Crippen LogP contribution in [0.15, 0.2) is 107 Å². The first-order chi connectivity index (χ1) is 18.8. The standard InChI is InChI=1S/C30H29NO8/c1-18-24(28(32)35-3)22(25(19(2)31-18)29(33)36-4)15-23-26(37-16-20-11-7-5-8-12-20)27(30(34)39-23)38-17-21-13-9-6-10-14-21/h5-15,22,31H,16-17H2,1-4H3/b23-15-. The Balaban J connectivity index is 1.78. The summed E-state index contributed by atoms with van der Waals surface area (Å²) in [7, 11) is 2.49. The minimum atomic E-state index is -0.960. The number of cyclic esters (lactones) is 1. The van der Waals surface area contributed by atoms with Gasteiger partial charge >= 0.3 is 17.9 Å². The van der Waals surface area contributed by atoms with E-state index in [0.717, 1.165) is 11.1 Å². The maximum absolute atomic E-state index is 13.0. The van der Waals surface area contributed by atoms with Gasteiger partial charge < -0.3 is 29.0 Å². The van der Waals surface area contributed by atoms with E-state index in [-0.39, 0.29) is 41.6 Å². The van der Waals surface area contributed by atoms with E-state index in [9.17, 15) is 14.4 Å². The van der Waals surface area contributed by atoms with Crippen molar-refractivity contribution < 1.29 is 38.1 Å². The zero-order valence-electron chi connectivity index (χ0n) is 22.1. The number of benzene rings is 2. The summed E-state index contributed by atoms with van der Waals surface area (Å²) < 4.78 is 27.5. The van der Waals surface area contributed by atoms with Crippen LogP contribution in [0.5, 0.6) is 0 Å². The lowest BCUT2D eigenvalue weighted by molar-refractivity contribution is -0.138. The molecule has 2 aromatic carbocycles. The summed E-state index contributed by atoms with van der Waals surface area (Å²) in [5, 5.41) is 3.03. The lowest BCUT2D eigenvalue weighted by atomic mass is 9.84. The van der Waals surface area contributed by atoms with Gasteiger partial charge in [-0.1, -0.05) is 60.7 Å². The normalized spacial score (nSPS) is 16.7. The van der Waals surface area contributed by atoms with Gasteiger partial charge in [-0.2, -0.15) is 0 Å². The molecule has 2 aromatic rings. The molecule has 0 aliphatic carbocycles. The molecule has 2 aliphatic heterocycles. The number of esters is 3. The molecule has 2 aliphatic rings. The number of carbonyl (C=O) groups is 3. The van der Waals surface area contributed by atoms with Crippen molar-refractivity contribution in [1.82, 2.24) is 5.32 Å². The van der Waals surface area contributed by atoms with E-state index in [1.165, 1.54) is 20.3 Å². The number of ether oxygens (including phenoxy) is 5. The van der Waals surface area contributed by atoms with Gasteiger partial charge in [-0.15, -0.1) is 0 Å². The van der Waals surface area contributed by atoms with Gasteiger partial charge in [-0.05, 0) is 31.1 Å². The first kappa shape index (κ1) is 27.3. The Bertz CT molecular complexity index is 1350. The molecule has 2 heterocycles.